The van der Waals surface area contributed by atoms with E-state index in [1.165, 1.54) is 24.3 Å². The number of aryl methyl sites for hydroxylation is 4. The highest BCUT2D eigenvalue weighted by Crippen LogP contribution is 2.58. The first-order valence-electron chi connectivity index (χ1n) is 28.8. The van der Waals surface area contributed by atoms with Gasteiger partial charge in [0.25, 0.3) is 23.6 Å². The minimum absolute atomic E-state index is 0.0482. The summed E-state index contributed by atoms with van der Waals surface area (Å²) in [4.78, 5) is 87.8. The van der Waals surface area contributed by atoms with E-state index in [0.717, 1.165) is 44.5 Å². The van der Waals surface area contributed by atoms with Gasteiger partial charge in [0.1, 0.15) is 59.1 Å². The van der Waals surface area contributed by atoms with Crippen molar-refractivity contribution in [3.05, 3.63) is 164 Å². The zero-order valence-electron chi connectivity index (χ0n) is 51.5. The molecule has 0 radical (unpaired) electrons. The Bertz CT molecular complexity index is 3940. The number of hydrogen-bond donors (Lipinski definition) is 2. The van der Waals surface area contributed by atoms with Crippen LogP contribution >= 0.6 is 0 Å². The molecule has 2 N–H and O–H groups in total. The molecule has 0 saturated carbocycles. The molecular weight excluding hydrogens is 1080 g/mol. The molecule has 86 heavy (non-hydrogen) atoms. The lowest BCUT2D eigenvalue weighted by atomic mass is 9.80. The number of aliphatic carboxylic acids is 2. The van der Waals surface area contributed by atoms with Crippen molar-refractivity contribution >= 4 is 78.7 Å². The molecule has 14 heteroatoms. The normalized spacial score (nSPS) is 13.9. The second kappa shape index (κ2) is 20.2. The van der Waals surface area contributed by atoms with Crippen molar-refractivity contribution in [1.82, 2.24) is 9.80 Å². The van der Waals surface area contributed by atoms with Gasteiger partial charge in [0, 0.05) is 43.1 Å². The van der Waals surface area contributed by atoms with Crippen molar-refractivity contribution in [2.24, 2.45) is 0 Å². The topological polar surface area (TPSA) is 186 Å². The van der Waals surface area contributed by atoms with Crippen molar-refractivity contribution in [2.75, 3.05) is 13.1 Å². The van der Waals surface area contributed by atoms with Gasteiger partial charge in [0.15, 0.2) is 0 Å². The summed E-state index contributed by atoms with van der Waals surface area (Å²) in [6.07, 6.45) is 0. The van der Waals surface area contributed by atoms with Gasteiger partial charge in [0.2, 0.25) is 0 Å². The number of nitrogens with zero attached hydrogens (tertiary/aromatic N) is 2. The number of benzene rings is 9. The molecule has 2 aliphatic rings. The van der Waals surface area contributed by atoms with E-state index in [1.807, 2.05) is 100 Å². The van der Waals surface area contributed by atoms with Gasteiger partial charge in [-0.05, 0) is 142 Å². The van der Waals surface area contributed by atoms with Gasteiger partial charge in [-0.15, -0.1) is 0 Å². The fourth-order valence-corrected chi connectivity index (χ4v) is 11.9. The van der Waals surface area contributed by atoms with Crippen molar-refractivity contribution in [2.45, 2.75) is 132 Å². The summed E-state index contributed by atoms with van der Waals surface area (Å²) in [6.45, 7) is 30.9. The smallest absolute Gasteiger partial charge is 0.323 e. The van der Waals surface area contributed by atoms with Gasteiger partial charge in [0.05, 0.1) is 22.3 Å². The molecule has 440 valence electrons. The van der Waals surface area contributed by atoms with Crippen LogP contribution in [0.1, 0.15) is 169 Å². The van der Waals surface area contributed by atoms with Gasteiger partial charge in [-0.3, -0.25) is 38.6 Å². The molecule has 0 fully saturated rings. The zero-order chi connectivity index (χ0) is 62.3. The summed E-state index contributed by atoms with van der Waals surface area (Å²) in [5.74, 6) is -4.56. The third kappa shape index (κ3) is 9.88. The SMILES string of the molecule is Cc1cc(C(C)(C)C)ccc1Oc1cc2c3c(cc(Oc4ccc(C(C)(C)C)cc4C)c4c5c(Oc6ccc(C(C)(C)C)cc6C)cc6c7c(cc(Oc8ccc(C(C)(C)C)cc8C)c(c1c34)c75)C(=O)N(CC(=O)O)C6=O)C(=O)N(CC(=O)O)C2=O. The second-order valence-corrected chi connectivity index (χ2v) is 27.2. The first kappa shape index (κ1) is 58.5. The molecule has 0 atom stereocenters. The van der Waals surface area contributed by atoms with Gasteiger partial charge >= 0.3 is 11.9 Å². The molecule has 14 nitrogen and oxygen atoms in total. The molecule has 0 saturated heterocycles. The highest BCUT2D eigenvalue weighted by Gasteiger charge is 2.43. The molecule has 2 aliphatic heterocycles. The third-order valence-corrected chi connectivity index (χ3v) is 16.7. The molecule has 9 aromatic carbocycles. The van der Waals surface area contributed by atoms with Gasteiger partial charge in [-0.25, -0.2) is 0 Å². The Balaban J connectivity index is 1.40. The quantitative estimate of drug-likeness (QED) is 0.0671. The third-order valence-electron chi connectivity index (χ3n) is 16.7. The minimum atomic E-state index is -1.42. The van der Waals surface area contributed by atoms with E-state index in [1.54, 1.807) is 0 Å². The van der Waals surface area contributed by atoms with Gasteiger partial charge < -0.3 is 29.2 Å². The van der Waals surface area contributed by atoms with E-state index in [9.17, 15) is 19.8 Å². The lowest BCUT2D eigenvalue weighted by molar-refractivity contribution is -0.138. The van der Waals surface area contributed by atoms with Crippen LogP contribution in [-0.4, -0.2) is 68.7 Å². The summed E-state index contributed by atoms with van der Waals surface area (Å²) in [5, 5.41) is 22.5. The Morgan fingerprint density at radius 3 is 0.709 bits per heavy atom. The average molecular weight is 1160 g/mol. The number of carboxylic acids is 2. The van der Waals surface area contributed by atoms with E-state index >= 15 is 19.2 Å². The lowest BCUT2D eigenvalue weighted by Crippen LogP contribution is -2.43. The maximum atomic E-state index is 15.3. The Labute approximate surface area is 499 Å². The monoisotopic (exact) mass is 1150 g/mol. The average Bonchev–Trinajstić information content (AvgIpc) is 0.680. The summed E-state index contributed by atoms with van der Waals surface area (Å²) in [7, 11) is 0. The molecule has 0 unspecified atom stereocenters. The molecule has 0 aromatic heterocycles. The van der Waals surface area contributed by atoms with E-state index < -0.39 is 48.7 Å². The number of fused-ring (bicyclic) bond motifs is 2. The Kier molecular flexibility index (Phi) is 13.7. The molecule has 0 bridgehead atoms. The van der Waals surface area contributed by atoms with E-state index in [0.29, 0.717) is 32.8 Å². The molecule has 0 aliphatic carbocycles. The Hall–Kier alpha value is -9.30. The van der Waals surface area contributed by atoms with Crippen LogP contribution in [0.25, 0.3) is 43.1 Å². The molecule has 11 rings (SSSR count). The maximum absolute atomic E-state index is 15.3. The number of ether oxygens (including phenoxy) is 4. The molecular formula is C72H70N2O12. The van der Waals surface area contributed by atoms with Gasteiger partial charge in [-0.2, -0.15) is 0 Å². The predicted molar refractivity (Wildman–Crippen MR) is 333 cm³/mol. The van der Waals surface area contributed by atoms with Crippen LogP contribution in [0, 0.1) is 27.7 Å². The van der Waals surface area contributed by atoms with Crippen LogP contribution in [0.2, 0.25) is 0 Å². The van der Waals surface area contributed by atoms with Crippen molar-refractivity contribution in [3.8, 4) is 46.0 Å². The van der Waals surface area contributed by atoms with Crippen molar-refractivity contribution in [1.29, 1.82) is 0 Å². The zero-order valence-corrected chi connectivity index (χ0v) is 51.5. The summed E-state index contributed by atoms with van der Waals surface area (Å²) >= 11 is 0. The minimum Gasteiger partial charge on any atom is -0.480 e. The van der Waals surface area contributed by atoms with Gasteiger partial charge in [-0.1, -0.05) is 132 Å². The van der Waals surface area contributed by atoms with E-state index in [2.05, 4.69) is 83.1 Å². The van der Waals surface area contributed by atoms with Crippen LogP contribution < -0.4 is 18.9 Å². The highest BCUT2D eigenvalue weighted by molar-refractivity contribution is 6.45. The standard InChI is InChI=1S/C72H70N2O12/c1-35-25-39(69(5,6)7)17-21-47(35)83-51-29-43-57-44(66(80)73(65(43)79)33-55(75)76)31-53(85-49-23-19-41(27-37(49)3)71(11,12)13)61-62-54(86-50-24-20-42(28-38(50)4)72(14,15)16)32-46-58-45(67(81)74(68(46)82)34-56(77)78)30-52(60(64(58)62)59(51)63(57)61)84-48-22-18-40(26-36(48)2)70(8,9)10/h17-32H,33-34H2,1-16H3,(H,75,76)(H,77,78). The summed E-state index contributed by atoms with van der Waals surface area (Å²) in [6, 6.07) is 29.3. The number of rotatable bonds is 12. The number of hydrogen-bond acceptors (Lipinski definition) is 10. The number of carbonyl (C=O) groups excluding carboxylic acids is 4. The largest absolute Gasteiger partial charge is 0.480 e. The van der Waals surface area contributed by atoms with Crippen LogP contribution in [0.15, 0.2) is 97.1 Å². The maximum Gasteiger partial charge on any atom is 0.323 e. The number of carboxylic acid groups (broad SMARTS) is 2. The fourth-order valence-electron chi connectivity index (χ4n) is 11.9. The summed E-state index contributed by atoms with van der Waals surface area (Å²) in [5.41, 5.74) is 5.83. The molecule has 0 spiro atoms. The van der Waals surface area contributed by atoms with Crippen molar-refractivity contribution in [3.63, 3.8) is 0 Å². The van der Waals surface area contributed by atoms with Crippen molar-refractivity contribution < 1.29 is 57.9 Å². The predicted octanol–water partition coefficient (Wildman–Crippen LogP) is 16.7. The van der Waals surface area contributed by atoms with E-state index in [-0.39, 0.29) is 110 Å². The molecule has 4 amide bonds. The Morgan fingerprint density at radius 1 is 0.326 bits per heavy atom. The first-order chi connectivity index (χ1) is 40.1. The van der Waals surface area contributed by atoms with E-state index in [4.69, 9.17) is 18.9 Å². The Morgan fingerprint density at radius 2 is 0.535 bits per heavy atom. The number of imide groups is 2. The molecule has 2 heterocycles. The second-order valence-electron chi connectivity index (χ2n) is 27.2. The number of amides is 4. The van der Waals surface area contributed by atoms with Crippen LogP contribution in [0.3, 0.4) is 0 Å². The van der Waals surface area contributed by atoms with Crippen LogP contribution in [-0.2, 0) is 31.2 Å². The molecule has 9 aromatic rings. The number of carbonyl (C=O) groups is 6. The van der Waals surface area contributed by atoms with Crippen LogP contribution in [0.5, 0.6) is 46.0 Å². The lowest BCUT2D eigenvalue weighted by Gasteiger charge is -2.32. The first-order valence-corrected chi connectivity index (χ1v) is 28.8. The highest BCUT2D eigenvalue weighted by atomic mass is 16.5. The summed E-state index contributed by atoms with van der Waals surface area (Å²) < 4.78 is 28.9. The fraction of sp³-hybridized carbons (Fsp3) is 0.306. The van der Waals surface area contributed by atoms with Crippen LogP contribution in [0.4, 0.5) is 0 Å².